The molecule has 2 unspecified atom stereocenters. The van der Waals surface area contributed by atoms with Gasteiger partial charge >= 0.3 is 0 Å². The molecule has 0 saturated heterocycles. The van der Waals surface area contributed by atoms with E-state index in [1.54, 1.807) is 7.11 Å². The van der Waals surface area contributed by atoms with Gasteiger partial charge in [-0.25, -0.2) is 0 Å². The van der Waals surface area contributed by atoms with Gasteiger partial charge in [0.1, 0.15) is 0 Å². The molecule has 2 rings (SSSR count). The first-order valence-corrected chi connectivity index (χ1v) is 7.55. The first kappa shape index (κ1) is 15.7. The van der Waals surface area contributed by atoms with E-state index in [1.807, 2.05) is 0 Å². The van der Waals surface area contributed by atoms with Crippen LogP contribution in [0.3, 0.4) is 0 Å². The molecule has 0 bridgehead atoms. The van der Waals surface area contributed by atoms with Crippen molar-refractivity contribution in [2.75, 3.05) is 20.3 Å². The lowest BCUT2D eigenvalue weighted by molar-refractivity contribution is 0.157. The van der Waals surface area contributed by atoms with Gasteiger partial charge in [0.05, 0.1) is 6.04 Å². The maximum absolute atomic E-state index is 5.23. The molecule has 2 aromatic rings. The Morgan fingerprint density at radius 2 is 1.67 bits per heavy atom. The van der Waals surface area contributed by atoms with Crippen molar-refractivity contribution in [3.05, 3.63) is 71.3 Å². The lowest BCUT2D eigenvalue weighted by Crippen LogP contribution is -2.29. The molecule has 0 fully saturated rings. The second-order valence-electron chi connectivity index (χ2n) is 5.67. The molecule has 2 atom stereocenters. The highest BCUT2D eigenvalue weighted by Gasteiger charge is 2.16. The summed E-state index contributed by atoms with van der Waals surface area (Å²) in [6.45, 7) is 6.09. The van der Waals surface area contributed by atoms with E-state index in [0.29, 0.717) is 5.92 Å². The zero-order valence-corrected chi connectivity index (χ0v) is 13.2. The van der Waals surface area contributed by atoms with Gasteiger partial charge < -0.3 is 10.1 Å². The normalized spacial score (nSPS) is 13.9. The Morgan fingerprint density at radius 1 is 1.00 bits per heavy atom. The van der Waals surface area contributed by atoms with Crippen LogP contribution in [0.25, 0.3) is 0 Å². The molecule has 2 heteroatoms. The van der Waals surface area contributed by atoms with E-state index in [9.17, 15) is 0 Å². The topological polar surface area (TPSA) is 21.3 Å². The molecule has 2 nitrogen and oxygen atoms in total. The average Bonchev–Trinajstić information content (AvgIpc) is 2.50. The van der Waals surface area contributed by atoms with E-state index >= 15 is 0 Å². The second kappa shape index (κ2) is 7.96. The minimum absolute atomic E-state index is 0.228. The third-order valence-electron chi connectivity index (χ3n) is 3.75. The summed E-state index contributed by atoms with van der Waals surface area (Å²) in [4.78, 5) is 0. The minimum atomic E-state index is 0.228. The van der Waals surface area contributed by atoms with Gasteiger partial charge in [0, 0.05) is 20.3 Å². The van der Waals surface area contributed by atoms with E-state index in [0.717, 1.165) is 13.2 Å². The van der Waals surface area contributed by atoms with Crippen LogP contribution in [0.5, 0.6) is 0 Å². The number of aryl methyl sites for hydroxylation is 1. The lowest BCUT2D eigenvalue weighted by atomic mass is 9.94. The van der Waals surface area contributed by atoms with Gasteiger partial charge in [0.25, 0.3) is 0 Å². The van der Waals surface area contributed by atoms with E-state index < -0.39 is 0 Å². The van der Waals surface area contributed by atoms with Crippen LogP contribution in [0, 0.1) is 12.8 Å². The number of methoxy groups -OCH3 is 1. The van der Waals surface area contributed by atoms with Gasteiger partial charge in [-0.05, 0) is 29.5 Å². The summed E-state index contributed by atoms with van der Waals surface area (Å²) in [6.07, 6.45) is 0. The number of benzene rings is 2. The Balaban J connectivity index is 2.21. The second-order valence-corrected chi connectivity index (χ2v) is 5.67. The summed E-state index contributed by atoms with van der Waals surface area (Å²) in [5.41, 5.74) is 3.96. The first-order valence-electron chi connectivity index (χ1n) is 7.55. The third kappa shape index (κ3) is 4.42. The lowest BCUT2D eigenvalue weighted by Gasteiger charge is -2.23. The molecule has 0 saturated carbocycles. The van der Waals surface area contributed by atoms with Gasteiger partial charge in [-0.1, -0.05) is 61.5 Å². The predicted molar refractivity (Wildman–Crippen MR) is 88.5 cm³/mol. The summed E-state index contributed by atoms with van der Waals surface area (Å²) >= 11 is 0. The third-order valence-corrected chi connectivity index (χ3v) is 3.75. The smallest absolute Gasteiger partial charge is 0.0579 e. The Kier molecular flexibility index (Phi) is 5.97. The monoisotopic (exact) mass is 283 g/mol. The van der Waals surface area contributed by atoms with Gasteiger partial charge in [0.2, 0.25) is 0 Å². The van der Waals surface area contributed by atoms with Crippen molar-refractivity contribution in [2.45, 2.75) is 19.9 Å². The van der Waals surface area contributed by atoms with Crippen LogP contribution in [-0.4, -0.2) is 20.3 Å². The van der Waals surface area contributed by atoms with Crippen LogP contribution in [0.2, 0.25) is 0 Å². The van der Waals surface area contributed by atoms with Gasteiger partial charge in [-0.15, -0.1) is 0 Å². The molecule has 0 aliphatic rings. The Morgan fingerprint density at radius 3 is 2.33 bits per heavy atom. The number of rotatable bonds is 7. The zero-order valence-electron chi connectivity index (χ0n) is 13.2. The number of ether oxygens (including phenoxy) is 1. The molecule has 0 amide bonds. The molecule has 0 aliphatic heterocycles. The molecule has 1 N–H and O–H groups in total. The van der Waals surface area contributed by atoms with Crippen molar-refractivity contribution in [3.63, 3.8) is 0 Å². The van der Waals surface area contributed by atoms with E-state index in [4.69, 9.17) is 4.74 Å². The fourth-order valence-corrected chi connectivity index (χ4v) is 2.63. The molecule has 0 aromatic heterocycles. The molecule has 0 spiro atoms. The molecular formula is C19H25NO. The van der Waals surface area contributed by atoms with Crippen molar-refractivity contribution in [2.24, 2.45) is 5.92 Å². The summed E-state index contributed by atoms with van der Waals surface area (Å²) in [6, 6.07) is 19.4. The largest absolute Gasteiger partial charge is 0.384 e. The minimum Gasteiger partial charge on any atom is -0.384 e. The number of nitrogens with one attached hydrogen (secondary N) is 1. The van der Waals surface area contributed by atoms with Gasteiger partial charge in [0.15, 0.2) is 0 Å². The Bertz CT molecular complexity index is 538. The number of hydrogen-bond acceptors (Lipinski definition) is 2. The molecule has 0 heterocycles. The highest BCUT2D eigenvalue weighted by atomic mass is 16.5. The van der Waals surface area contributed by atoms with Crippen LogP contribution in [0.1, 0.15) is 29.7 Å². The zero-order chi connectivity index (χ0) is 15.1. The average molecular weight is 283 g/mol. The van der Waals surface area contributed by atoms with E-state index in [2.05, 4.69) is 73.8 Å². The molecule has 112 valence electrons. The van der Waals surface area contributed by atoms with Crippen LogP contribution in [0.15, 0.2) is 54.6 Å². The van der Waals surface area contributed by atoms with Gasteiger partial charge in [-0.2, -0.15) is 0 Å². The first-order chi connectivity index (χ1) is 10.2. The van der Waals surface area contributed by atoms with E-state index in [-0.39, 0.29) is 6.04 Å². The summed E-state index contributed by atoms with van der Waals surface area (Å²) in [7, 11) is 1.76. The fraction of sp³-hybridized carbons (Fsp3) is 0.368. The van der Waals surface area contributed by atoms with Crippen molar-refractivity contribution < 1.29 is 4.74 Å². The SMILES string of the molecule is COCC(C)CNC(c1ccccc1)c1ccccc1C. The summed E-state index contributed by atoms with van der Waals surface area (Å²) < 4.78 is 5.23. The molecular weight excluding hydrogens is 258 g/mol. The summed E-state index contributed by atoms with van der Waals surface area (Å²) in [5.74, 6) is 0.491. The Hall–Kier alpha value is -1.64. The quantitative estimate of drug-likeness (QED) is 0.830. The summed E-state index contributed by atoms with van der Waals surface area (Å²) in [5, 5.41) is 3.70. The van der Waals surface area contributed by atoms with Crippen molar-refractivity contribution in [3.8, 4) is 0 Å². The van der Waals surface area contributed by atoms with Crippen LogP contribution in [-0.2, 0) is 4.74 Å². The van der Waals surface area contributed by atoms with E-state index in [1.165, 1.54) is 16.7 Å². The molecule has 0 radical (unpaired) electrons. The number of hydrogen-bond donors (Lipinski definition) is 1. The van der Waals surface area contributed by atoms with Crippen LogP contribution < -0.4 is 5.32 Å². The standard InChI is InChI=1S/C19H25NO/c1-15(14-21-3)13-20-19(17-10-5-4-6-11-17)18-12-8-7-9-16(18)2/h4-12,15,19-20H,13-14H2,1-3H3. The van der Waals surface area contributed by atoms with Crippen LogP contribution >= 0.6 is 0 Å². The highest BCUT2D eigenvalue weighted by molar-refractivity contribution is 5.36. The maximum Gasteiger partial charge on any atom is 0.0579 e. The highest BCUT2D eigenvalue weighted by Crippen LogP contribution is 2.24. The molecule has 0 aliphatic carbocycles. The Labute approximate surface area is 128 Å². The van der Waals surface area contributed by atoms with Gasteiger partial charge in [-0.3, -0.25) is 0 Å². The predicted octanol–water partition coefficient (Wildman–Crippen LogP) is 3.96. The molecule has 2 aromatic carbocycles. The van der Waals surface area contributed by atoms with Crippen molar-refractivity contribution >= 4 is 0 Å². The van der Waals surface area contributed by atoms with Crippen molar-refractivity contribution in [1.82, 2.24) is 5.32 Å². The molecule has 21 heavy (non-hydrogen) atoms. The van der Waals surface area contributed by atoms with Crippen LogP contribution in [0.4, 0.5) is 0 Å². The maximum atomic E-state index is 5.23. The fourth-order valence-electron chi connectivity index (χ4n) is 2.63. The van der Waals surface area contributed by atoms with Crippen molar-refractivity contribution in [1.29, 1.82) is 0 Å².